The molecule has 0 amide bonds. The molecular weight excluding hydrogens is 486 g/mol. The van der Waals surface area contributed by atoms with E-state index in [1.807, 2.05) is 22.9 Å². The highest BCUT2D eigenvalue weighted by Crippen LogP contribution is 2.37. The van der Waals surface area contributed by atoms with Gasteiger partial charge in [-0.05, 0) is 40.1 Å². The van der Waals surface area contributed by atoms with Gasteiger partial charge in [-0.25, -0.2) is 13.9 Å². The summed E-state index contributed by atoms with van der Waals surface area (Å²) < 4.78 is 36.0. The molecule has 0 unspecified atom stereocenters. The average Bonchev–Trinajstić information content (AvgIpc) is 3.25. The molecule has 0 aliphatic heterocycles. The fourth-order valence-corrected chi connectivity index (χ4v) is 4.77. The molecule has 30 heavy (non-hydrogen) atoms. The monoisotopic (exact) mass is 513 g/mol. The second-order valence-corrected chi connectivity index (χ2v) is 16.7. The van der Waals surface area contributed by atoms with Gasteiger partial charge in [-0.2, -0.15) is 12.7 Å². The first-order valence-corrected chi connectivity index (χ1v) is 14.6. The maximum absolute atomic E-state index is 12.4. The molecule has 0 bridgehead atoms. The number of pyridine rings is 1. The van der Waals surface area contributed by atoms with Crippen molar-refractivity contribution in [1.82, 2.24) is 22.6 Å². The molecule has 0 atom stereocenters. The third kappa shape index (κ3) is 4.40. The number of aromatic nitrogens is 4. The van der Waals surface area contributed by atoms with Gasteiger partial charge in [0.1, 0.15) is 12.0 Å². The molecule has 0 fully saturated rings. The number of imidazole rings is 2. The fraction of sp³-hybridized carbons (Fsp3) is 0.474. The lowest BCUT2D eigenvalue weighted by atomic mass is 10.2. The summed E-state index contributed by atoms with van der Waals surface area (Å²) >= 11 is 3.52. The number of rotatable bonds is 6. The first kappa shape index (κ1) is 23.1. The summed E-state index contributed by atoms with van der Waals surface area (Å²) in [7, 11) is -2.56. The van der Waals surface area contributed by atoms with Gasteiger partial charge in [0.05, 0.1) is 18.0 Å². The smallest absolute Gasteiger partial charge is 0.308 e. The standard InChI is InChI=1S/C19H28BrN5O3SSi/c1-19(2,3)30(6,7)28-12-15-10-24-9-14(20)8-16(18(24)22-15)17-11-25(13-21-17)29(26,27)23(4)5/h8-11,13H,12H2,1-7H3. The lowest BCUT2D eigenvalue weighted by Gasteiger charge is -2.35. The van der Waals surface area contributed by atoms with E-state index in [4.69, 9.17) is 9.41 Å². The van der Waals surface area contributed by atoms with E-state index in [2.05, 4.69) is 54.8 Å². The third-order valence-electron chi connectivity index (χ3n) is 5.52. The first-order valence-electron chi connectivity index (χ1n) is 9.51. The molecule has 0 N–H and O–H groups in total. The van der Waals surface area contributed by atoms with E-state index in [1.165, 1.54) is 26.6 Å². The van der Waals surface area contributed by atoms with Crippen LogP contribution in [0, 0.1) is 0 Å². The summed E-state index contributed by atoms with van der Waals surface area (Å²) in [5.41, 5.74) is 2.77. The van der Waals surface area contributed by atoms with E-state index in [9.17, 15) is 8.42 Å². The summed E-state index contributed by atoms with van der Waals surface area (Å²) in [6, 6.07) is 1.88. The van der Waals surface area contributed by atoms with Gasteiger partial charge >= 0.3 is 10.2 Å². The van der Waals surface area contributed by atoms with Crippen LogP contribution in [0.25, 0.3) is 16.9 Å². The van der Waals surface area contributed by atoms with Crippen LogP contribution < -0.4 is 0 Å². The molecule has 0 aliphatic carbocycles. The Balaban J connectivity index is 1.99. The van der Waals surface area contributed by atoms with Gasteiger partial charge in [0, 0.05) is 42.7 Å². The predicted octanol–water partition coefficient (Wildman–Crippen LogP) is 4.14. The number of hydrogen-bond donors (Lipinski definition) is 0. The zero-order chi connectivity index (χ0) is 22.5. The molecule has 0 aromatic carbocycles. The lowest BCUT2D eigenvalue weighted by molar-refractivity contribution is 0.272. The zero-order valence-electron chi connectivity index (χ0n) is 18.3. The highest BCUT2D eigenvalue weighted by atomic mass is 79.9. The molecule has 11 heteroatoms. The van der Waals surface area contributed by atoms with Crippen molar-refractivity contribution >= 4 is 40.1 Å². The quantitative estimate of drug-likeness (QED) is 0.462. The van der Waals surface area contributed by atoms with Gasteiger partial charge in [0.15, 0.2) is 8.32 Å². The summed E-state index contributed by atoms with van der Waals surface area (Å²) in [6.45, 7) is 11.5. The van der Waals surface area contributed by atoms with Crippen LogP contribution in [0.4, 0.5) is 0 Å². The molecule has 0 saturated carbocycles. The Bertz CT molecular complexity index is 1180. The molecule has 3 heterocycles. The second kappa shape index (κ2) is 7.86. The summed E-state index contributed by atoms with van der Waals surface area (Å²) in [5.74, 6) is 0. The molecular formula is C19H28BrN5O3SSi. The molecule has 0 radical (unpaired) electrons. The Kier molecular flexibility index (Phi) is 6.06. The van der Waals surface area contributed by atoms with E-state index >= 15 is 0 Å². The fourth-order valence-electron chi connectivity index (χ4n) is 2.60. The minimum absolute atomic E-state index is 0.116. The largest absolute Gasteiger partial charge is 0.411 e. The topological polar surface area (TPSA) is 81.7 Å². The van der Waals surface area contributed by atoms with Gasteiger partial charge < -0.3 is 8.83 Å². The van der Waals surface area contributed by atoms with Crippen molar-refractivity contribution in [3.8, 4) is 11.3 Å². The zero-order valence-corrected chi connectivity index (χ0v) is 21.7. The van der Waals surface area contributed by atoms with Crippen LogP contribution in [-0.2, 0) is 21.2 Å². The number of hydrogen-bond acceptors (Lipinski definition) is 5. The van der Waals surface area contributed by atoms with Gasteiger partial charge in [0.25, 0.3) is 0 Å². The Morgan fingerprint density at radius 3 is 2.47 bits per heavy atom. The molecule has 3 rings (SSSR count). The molecule has 0 saturated heterocycles. The Labute approximate surface area is 187 Å². The van der Waals surface area contributed by atoms with Crippen molar-refractivity contribution in [1.29, 1.82) is 0 Å². The molecule has 0 aliphatic rings. The van der Waals surface area contributed by atoms with E-state index in [0.717, 1.165) is 24.0 Å². The number of fused-ring (bicyclic) bond motifs is 1. The van der Waals surface area contributed by atoms with Crippen LogP contribution in [0.15, 0.2) is 35.5 Å². The summed E-state index contributed by atoms with van der Waals surface area (Å²) in [6.07, 6.45) is 6.64. The normalized spacial score (nSPS) is 13.5. The second-order valence-electron chi connectivity index (χ2n) is 8.96. The van der Waals surface area contributed by atoms with Crippen LogP contribution in [-0.4, -0.2) is 53.5 Å². The summed E-state index contributed by atoms with van der Waals surface area (Å²) in [5, 5.41) is 0.116. The Morgan fingerprint density at radius 2 is 1.87 bits per heavy atom. The lowest BCUT2D eigenvalue weighted by Crippen LogP contribution is -2.40. The van der Waals surface area contributed by atoms with Crippen LogP contribution in [0.5, 0.6) is 0 Å². The maximum Gasteiger partial charge on any atom is 0.308 e. The van der Waals surface area contributed by atoms with Crippen molar-refractivity contribution in [2.45, 2.75) is 45.5 Å². The van der Waals surface area contributed by atoms with Gasteiger partial charge in [0.2, 0.25) is 0 Å². The van der Waals surface area contributed by atoms with E-state index in [0.29, 0.717) is 17.9 Å². The summed E-state index contributed by atoms with van der Waals surface area (Å²) in [4.78, 5) is 9.06. The van der Waals surface area contributed by atoms with E-state index in [1.54, 1.807) is 0 Å². The van der Waals surface area contributed by atoms with Crippen molar-refractivity contribution in [2.24, 2.45) is 0 Å². The Morgan fingerprint density at radius 1 is 1.20 bits per heavy atom. The van der Waals surface area contributed by atoms with Crippen molar-refractivity contribution in [3.63, 3.8) is 0 Å². The van der Waals surface area contributed by atoms with E-state index in [-0.39, 0.29) is 5.04 Å². The first-order chi connectivity index (χ1) is 13.7. The van der Waals surface area contributed by atoms with Gasteiger partial charge in [-0.3, -0.25) is 0 Å². The third-order valence-corrected chi connectivity index (χ3v) is 12.1. The molecule has 164 valence electrons. The molecule has 0 spiro atoms. The Hall–Kier alpha value is -1.53. The van der Waals surface area contributed by atoms with Crippen LogP contribution in [0.1, 0.15) is 26.5 Å². The SMILES string of the molecule is CN(C)S(=O)(=O)n1cnc(-c2cc(Br)cn3cc(CO[Si](C)(C)C(C)(C)C)nc23)c1. The highest BCUT2D eigenvalue weighted by molar-refractivity contribution is 9.10. The van der Waals surface area contributed by atoms with Gasteiger partial charge in [-0.1, -0.05) is 20.8 Å². The number of nitrogens with zero attached hydrogens (tertiary/aromatic N) is 5. The van der Waals surface area contributed by atoms with Crippen molar-refractivity contribution < 1.29 is 12.8 Å². The number of halogens is 1. The average molecular weight is 515 g/mol. The van der Waals surface area contributed by atoms with Crippen LogP contribution in [0.3, 0.4) is 0 Å². The van der Waals surface area contributed by atoms with E-state index < -0.39 is 18.5 Å². The van der Waals surface area contributed by atoms with Gasteiger partial charge in [-0.15, -0.1) is 0 Å². The predicted molar refractivity (Wildman–Crippen MR) is 124 cm³/mol. The molecule has 3 aromatic rings. The van der Waals surface area contributed by atoms with Crippen molar-refractivity contribution in [2.75, 3.05) is 14.1 Å². The minimum Gasteiger partial charge on any atom is -0.411 e. The minimum atomic E-state index is -3.63. The molecule has 8 nitrogen and oxygen atoms in total. The van der Waals surface area contributed by atoms with Crippen LogP contribution >= 0.6 is 15.9 Å². The van der Waals surface area contributed by atoms with Crippen molar-refractivity contribution in [3.05, 3.63) is 41.2 Å². The highest BCUT2D eigenvalue weighted by Gasteiger charge is 2.37. The molecule has 3 aromatic heterocycles. The maximum atomic E-state index is 12.4. The van der Waals surface area contributed by atoms with Crippen LogP contribution in [0.2, 0.25) is 18.1 Å².